The van der Waals surface area contributed by atoms with Gasteiger partial charge in [0.15, 0.2) is 6.61 Å². The number of unbranched alkanes of at least 4 members (excludes halogenated alkanes) is 1. The van der Waals surface area contributed by atoms with Crippen LogP contribution in [0.5, 0.6) is 0 Å². The van der Waals surface area contributed by atoms with Crippen LogP contribution in [0.4, 0.5) is 0 Å². The molecule has 0 rings (SSSR count). The Labute approximate surface area is 116 Å². The Kier molecular flexibility index (Phi) is 8.63. The minimum atomic E-state index is -1.44. The summed E-state index contributed by atoms with van der Waals surface area (Å²) in [7, 11) is -1.44. The maximum absolute atomic E-state index is 11.3. The highest BCUT2D eigenvalue weighted by Crippen LogP contribution is 1.97. The van der Waals surface area contributed by atoms with Crippen molar-refractivity contribution in [1.29, 1.82) is 0 Å². The number of hydrogen-bond acceptors (Lipinski definition) is 4. The van der Waals surface area contributed by atoms with E-state index >= 15 is 0 Å². The van der Waals surface area contributed by atoms with Crippen molar-refractivity contribution in [3.05, 3.63) is 12.7 Å². The molecule has 0 radical (unpaired) electrons. The monoisotopic (exact) mass is 282 g/mol. The first-order valence-corrected chi connectivity index (χ1v) is 9.77. The summed E-state index contributed by atoms with van der Waals surface area (Å²) in [5, 5.41) is 0. The van der Waals surface area contributed by atoms with Gasteiger partial charge in [0.05, 0.1) is 6.61 Å². The largest absolute Gasteiger partial charge is 0.465 e. The van der Waals surface area contributed by atoms with Crippen LogP contribution in [0.25, 0.3) is 0 Å². The molecule has 19 heavy (non-hydrogen) atoms. The molecule has 0 fully saturated rings. The molecule has 0 amide bonds. The molecule has 0 atom stereocenters. The molecular formula is C14H22O4Si. The number of carbonyl (C=O) groups excluding carboxylic acids is 2. The van der Waals surface area contributed by atoms with Gasteiger partial charge in [0.2, 0.25) is 0 Å². The molecule has 0 heterocycles. The van der Waals surface area contributed by atoms with Gasteiger partial charge in [-0.1, -0.05) is 31.6 Å². The van der Waals surface area contributed by atoms with E-state index < -0.39 is 20.0 Å². The summed E-state index contributed by atoms with van der Waals surface area (Å²) in [6.07, 6.45) is 2.89. The number of rotatable bonds is 7. The third-order valence-corrected chi connectivity index (χ3v) is 2.80. The third kappa shape index (κ3) is 12.7. The second kappa shape index (κ2) is 9.40. The van der Waals surface area contributed by atoms with Crippen LogP contribution in [0.2, 0.25) is 19.6 Å². The van der Waals surface area contributed by atoms with Crippen LogP contribution in [0.1, 0.15) is 19.3 Å². The van der Waals surface area contributed by atoms with Gasteiger partial charge in [0.25, 0.3) is 0 Å². The zero-order valence-electron chi connectivity index (χ0n) is 12.0. The van der Waals surface area contributed by atoms with Crippen molar-refractivity contribution in [2.45, 2.75) is 38.9 Å². The first kappa shape index (κ1) is 17.5. The fraction of sp³-hybridized carbons (Fsp3) is 0.571. The summed E-state index contributed by atoms with van der Waals surface area (Å²) in [6, 6.07) is 0. The zero-order valence-corrected chi connectivity index (χ0v) is 13.0. The first-order valence-electron chi connectivity index (χ1n) is 6.27. The molecule has 0 aromatic rings. The van der Waals surface area contributed by atoms with Gasteiger partial charge in [-0.25, -0.2) is 0 Å². The normalized spacial score (nSPS) is 10.1. The molecule has 5 heteroatoms. The minimum absolute atomic E-state index is 0.0346. The highest BCUT2D eigenvalue weighted by atomic mass is 28.3. The predicted octanol–water partition coefficient (Wildman–Crippen LogP) is 2.31. The van der Waals surface area contributed by atoms with Gasteiger partial charge in [-0.15, -0.1) is 12.1 Å². The molecule has 0 spiro atoms. The topological polar surface area (TPSA) is 52.6 Å². The molecule has 0 N–H and O–H groups in total. The van der Waals surface area contributed by atoms with Crippen LogP contribution in [-0.4, -0.2) is 33.2 Å². The van der Waals surface area contributed by atoms with Crippen LogP contribution in [0.3, 0.4) is 0 Å². The molecule has 0 unspecified atom stereocenters. The Hall–Kier alpha value is -1.54. The molecule has 0 aliphatic heterocycles. The number of carbonyl (C=O) groups is 2. The molecule has 0 aromatic carbocycles. The smallest absolute Gasteiger partial charge is 0.318 e. The lowest BCUT2D eigenvalue weighted by molar-refractivity contribution is -0.153. The van der Waals surface area contributed by atoms with Crippen LogP contribution in [0, 0.1) is 11.5 Å². The van der Waals surface area contributed by atoms with Crippen molar-refractivity contribution in [2.24, 2.45) is 0 Å². The Morgan fingerprint density at radius 2 is 1.84 bits per heavy atom. The van der Waals surface area contributed by atoms with E-state index in [0.717, 1.165) is 6.42 Å². The average molecular weight is 282 g/mol. The van der Waals surface area contributed by atoms with Gasteiger partial charge in [0, 0.05) is 0 Å². The Bertz CT molecular complexity index is 371. The SMILES string of the molecule is C=CCCCOC(=O)CC(=O)OCC#C[Si](C)(C)C. The summed E-state index contributed by atoms with van der Waals surface area (Å²) in [4.78, 5) is 22.5. The van der Waals surface area contributed by atoms with Crippen LogP contribution in [0.15, 0.2) is 12.7 Å². The summed E-state index contributed by atoms with van der Waals surface area (Å²) in [6.45, 7) is 10.2. The van der Waals surface area contributed by atoms with Gasteiger partial charge < -0.3 is 9.47 Å². The Morgan fingerprint density at radius 1 is 1.21 bits per heavy atom. The van der Waals surface area contributed by atoms with Crippen LogP contribution < -0.4 is 0 Å². The lowest BCUT2D eigenvalue weighted by Crippen LogP contribution is -2.17. The van der Waals surface area contributed by atoms with E-state index in [1.54, 1.807) is 6.08 Å². The molecule has 0 saturated heterocycles. The van der Waals surface area contributed by atoms with Gasteiger partial charge in [0.1, 0.15) is 14.5 Å². The third-order valence-electron chi connectivity index (χ3n) is 1.87. The van der Waals surface area contributed by atoms with E-state index in [2.05, 4.69) is 37.7 Å². The van der Waals surface area contributed by atoms with E-state index in [0.29, 0.717) is 13.0 Å². The second-order valence-electron chi connectivity index (χ2n) is 5.04. The Balaban J connectivity index is 3.76. The van der Waals surface area contributed by atoms with Crippen molar-refractivity contribution in [3.63, 3.8) is 0 Å². The van der Waals surface area contributed by atoms with E-state index in [1.165, 1.54) is 0 Å². The highest BCUT2D eigenvalue weighted by Gasteiger charge is 2.11. The van der Waals surface area contributed by atoms with Crippen molar-refractivity contribution >= 4 is 20.0 Å². The summed E-state index contributed by atoms with van der Waals surface area (Å²) < 4.78 is 9.69. The molecule has 0 aliphatic carbocycles. The van der Waals surface area contributed by atoms with Gasteiger partial charge in [-0.05, 0) is 12.8 Å². The number of allylic oxidation sites excluding steroid dienone is 1. The lowest BCUT2D eigenvalue weighted by atomic mass is 10.3. The number of esters is 2. The van der Waals surface area contributed by atoms with Crippen molar-refractivity contribution < 1.29 is 19.1 Å². The predicted molar refractivity (Wildman–Crippen MR) is 77.1 cm³/mol. The zero-order chi connectivity index (χ0) is 14.7. The standard InChI is InChI=1S/C14H22O4Si/c1-5-6-7-9-17-13(15)12-14(16)18-10-8-11-19(2,3)4/h5H,1,6-7,9-10,12H2,2-4H3. The van der Waals surface area contributed by atoms with Crippen molar-refractivity contribution in [1.82, 2.24) is 0 Å². The Morgan fingerprint density at radius 3 is 2.42 bits per heavy atom. The summed E-state index contributed by atoms with van der Waals surface area (Å²) in [5.74, 6) is 1.63. The van der Waals surface area contributed by atoms with Gasteiger partial charge in [-0.3, -0.25) is 9.59 Å². The molecule has 0 aromatic heterocycles. The lowest BCUT2D eigenvalue weighted by Gasteiger charge is -2.04. The first-order chi connectivity index (χ1) is 8.85. The molecule has 106 valence electrons. The van der Waals surface area contributed by atoms with Crippen molar-refractivity contribution in [2.75, 3.05) is 13.2 Å². The fourth-order valence-corrected chi connectivity index (χ4v) is 1.65. The van der Waals surface area contributed by atoms with E-state index in [-0.39, 0.29) is 13.0 Å². The van der Waals surface area contributed by atoms with Crippen LogP contribution in [-0.2, 0) is 19.1 Å². The maximum atomic E-state index is 11.3. The summed E-state index contributed by atoms with van der Waals surface area (Å²) in [5.41, 5.74) is 3.06. The number of hydrogen-bond donors (Lipinski definition) is 0. The molecule has 0 bridgehead atoms. The van der Waals surface area contributed by atoms with E-state index in [9.17, 15) is 9.59 Å². The van der Waals surface area contributed by atoms with Gasteiger partial charge in [-0.2, -0.15) is 0 Å². The highest BCUT2D eigenvalue weighted by molar-refractivity contribution is 6.83. The van der Waals surface area contributed by atoms with E-state index in [4.69, 9.17) is 9.47 Å². The maximum Gasteiger partial charge on any atom is 0.318 e. The minimum Gasteiger partial charge on any atom is -0.465 e. The molecule has 0 saturated carbocycles. The van der Waals surface area contributed by atoms with Gasteiger partial charge >= 0.3 is 11.9 Å². The number of ether oxygens (including phenoxy) is 2. The van der Waals surface area contributed by atoms with Crippen LogP contribution >= 0.6 is 0 Å². The molecule has 4 nitrogen and oxygen atoms in total. The quantitative estimate of drug-likeness (QED) is 0.180. The second-order valence-corrected chi connectivity index (χ2v) is 9.79. The summed E-state index contributed by atoms with van der Waals surface area (Å²) >= 11 is 0. The molecular weight excluding hydrogens is 260 g/mol. The van der Waals surface area contributed by atoms with Crippen molar-refractivity contribution in [3.8, 4) is 11.5 Å². The molecule has 0 aliphatic rings. The fourth-order valence-electron chi connectivity index (χ4n) is 1.05. The van der Waals surface area contributed by atoms with E-state index in [1.807, 2.05) is 0 Å². The average Bonchev–Trinajstić information content (AvgIpc) is 2.29.